The van der Waals surface area contributed by atoms with E-state index < -0.39 is 0 Å². The molecule has 2 aliphatic heterocycles. The zero-order valence-electron chi connectivity index (χ0n) is 15.5. The summed E-state index contributed by atoms with van der Waals surface area (Å²) in [6, 6.07) is 19.0. The molecule has 0 radical (unpaired) electrons. The summed E-state index contributed by atoms with van der Waals surface area (Å²) in [4.78, 5) is 14.4. The van der Waals surface area contributed by atoms with E-state index in [0.717, 1.165) is 37.2 Å². The van der Waals surface area contributed by atoms with E-state index in [4.69, 9.17) is 5.26 Å². The van der Waals surface area contributed by atoms with Crippen LogP contribution in [-0.2, 0) is 0 Å². The summed E-state index contributed by atoms with van der Waals surface area (Å²) in [7, 11) is 0. The summed E-state index contributed by atoms with van der Waals surface area (Å²) in [6.45, 7) is 4.49. The van der Waals surface area contributed by atoms with Crippen LogP contribution in [0.4, 0.5) is 4.79 Å². The number of hydrogen-bond acceptors (Lipinski definition) is 3. The summed E-state index contributed by atoms with van der Waals surface area (Å²) in [5, 5.41) is 15.4. The Balaban J connectivity index is 1.49. The van der Waals surface area contributed by atoms with Crippen molar-refractivity contribution in [2.24, 2.45) is 0 Å². The lowest BCUT2D eigenvalue weighted by atomic mass is 9.72. The Labute approximate surface area is 160 Å². The van der Waals surface area contributed by atoms with Gasteiger partial charge in [0.2, 0.25) is 0 Å². The summed E-state index contributed by atoms with van der Waals surface area (Å²) in [5.74, 6) is 0.397. The van der Waals surface area contributed by atoms with Crippen molar-refractivity contribution in [3.63, 3.8) is 0 Å². The Morgan fingerprint density at radius 1 is 1.11 bits per heavy atom. The van der Waals surface area contributed by atoms with Gasteiger partial charge in [0.25, 0.3) is 0 Å². The van der Waals surface area contributed by atoms with Gasteiger partial charge in [-0.3, -0.25) is 0 Å². The smallest absolute Gasteiger partial charge is 0.318 e. The minimum Gasteiger partial charge on any atom is -0.338 e. The lowest BCUT2D eigenvalue weighted by Gasteiger charge is -2.59. The second-order valence-electron chi connectivity index (χ2n) is 7.27. The first kappa shape index (κ1) is 17.6. The van der Waals surface area contributed by atoms with Crippen molar-refractivity contribution in [2.45, 2.75) is 31.3 Å². The van der Waals surface area contributed by atoms with Gasteiger partial charge in [0.15, 0.2) is 0 Å². The van der Waals surface area contributed by atoms with Gasteiger partial charge in [-0.1, -0.05) is 43.3 Å². The van der Waals surface area contributed by atoms with Crippen LogP contribution >= 0.6 is 0 Å². The third-order valence-corrected chi connectivity index (χ3v) is 5.65. The predicted octanol–water partition coefficient (Wildman–Crippen LogP) is 3.08. The van der Waals surface area contributed by atoms with E-state index in [1.54, 1.807) is 0 Å². The number of nitrogens with zero attached hydrogens (tertiary/aromatic N) is 2. The van der Waals surface area contributed by atoms with Gasteiger partial charge in [-0.15, -0.1) is 0 Å². The molecule has 5 heteroatoms. The van der Waals surface area contributed by atoms with Gasteiger partial charge in [-0.2, -0.15) is 5.26 Å². The molecule has 0 aliphatic carbocycles. The molecule has 5 nitrogen and oxygen atoms in total. The zero-order chi connectivity index (χ0) is 18.8. The Hall–Kier alpha value is -2.84. The summed E-state index contributed by atoms with van der Waals surface area (Å²) in [5.41, 5.74) is 4.22. The van der Waals surface area contributed by atoms with Gasteiger partial charge in [0, 0.05) is 25.6 Å². The highest BCUT2D eigenvalue weighted by Crippen LogP contribution is 2.42. The van der Waals surface area contributed by atoms with Crippen LogP contribution in [0, 0.1) is 11.3 Å². The number of carbonyl (C=O) groups is 1. The maximum Gasteiger partial charge on any atom is 0.318 e. The number of benzene rings is 2. The highest BCUT2D eigenvalue weighted by molar-refractivity contribution is 5.77. The number of amides is 2. The molecule has 2 aliphatic rings. The first-order valence-electron chi connectivity index (χ1n) is 9.60. The number of nitrogens with one attached hydrogen (secondary N) is 2. The molecule has 138 valence electrons. The molecule has 3 atom stereocenters. The third-order valence-electron chi connectivity index (χ3n) is 5.65. The highest BCUT2D eigenvalue weighted by Gasteiger charge is 2.53. The van der Waals surface area contributed by atoms with E-state index in [0.29, 0.717) is 11.5 Å². The number of hydrogen-bond donors (Lipinski definition) is 2. The van der Waals surface area contributed by atoms with Crippen molar-refractivity contribution in [1.29, 1.82) is 5.26 Å². The molecule has 0 saturated carbocycles. The van der Waals surface area contributed by atoms with E-state index in [-0.39, 0.29) is 18.1 Å². The van der Waals surface area contributed by atoms with Gasteiger partial charge in [0.05, 0.1) is 23.7 Å². The fraction of sp³-hybridized carbons (Fsp3) is 0.364. The molecule has 2 heterocycles. The molecule has 2 N–H and O–H groups in total. The highest BCUT2D eigenvalue weighted by atomic mass is 16.2. The number of urea groups is 1. The molecule has 2 bridgehead atoms. The minimum atomic E-state index is 0.0683. The first-order chi connectivity index (χ1) is 13.2. The predicted molar refractivity (Wildman–Crippen MR) is 105 cm³/mol. The molecule has 0 aromatic heterocycles. The van der Waals surface area contributed by atoms with Crippen LogP contribution in [0.5, 0.6) is 0 Å². The maximum absolute atomic E-state index is 12.4. The molecule has 2 fully saturated rings. The average Bonchev–Trinajstić information content (AvgIpc) is 2.73. The van der Waals surface area contributed by atoms with E-state index in [9.17, 15) is 4.79 Å². The van der Waals surface area contributed by atoms with E-state index in [1.165, 1.54) is 5.56 Å². The monoisotopic (exact) mass is 360 g/mol. The molecular weight excluding hydrogens is 336 g/mol. The Morgan fingerprint density at radius 2 is 1.70 bits per heavy atom. The van der Waals surface area contributed by atoms with E-state index in [1.807, 2.05) is 29.2 Å². The number of piperidine rings is 1. The second-order valence-corrected chi connectivity index (χ2v) is 7.27. The number of rotatable bonds is 4. The largest absolute Gasteiger partial charge is 0.338 e. The van der Waals surface area contributed by atoms with Gasteiger partial charge >= 0.3 is 6.03 Å². The van der Waals surface area contributed by atoms with E-state index in [2.05, 4.69) is 47.9 Å². The molecule has 0 spiro atoms. The van der Waals surface area contributed by atoms with Crippen LogP contribution in [0.3, 0.4) is 0 Å². The van der Waals surface area contributed by atoms with Crippen LogP contribution in [-0.4, -0.2) is 42.6 Å². The number of fused-ring (bicyclic) bond motifs is 2. The first-order valence-corrected chi connectivity index (χ1v) is 9.60. The van der Waals surface area contributed by atoms with Gasteiger partial charge in [0.1, 0.15) is 0 Å². The van der Waals surface area contributed by atoms with Crippen molar-refractivity contribution in [2.75, 3.05) is 19.6 Å². The molecular formula is C22H24N4O. The Morgan fingerprint density at radius 3 is 2.26 bits per heavy atom. The van der Waals surface area contributed by atoms with E-state index >= 15 is 0 Å². The fourth-order valence-electron chi connectivity index (χ4n) is 4.28. The van der Waals surface area contributed by atoms with Crippen molar-refractivity contribution < 1.29 is 4.79 Å². The lowest BCUT2D eigenvalue weighted by molar-refractivity contribution is -0.00341. The molecule has 27 heavy (non-hydrogen) atoms. The normalized spacial score (nSPS) is 23.3. The lowest BCUT2D eigenvalue weighted by Crippen LogP contribution is -2.75. The molecule has 2 aromatic carbocycles. The van der Waals surface area contributed by atoms with Crippen molar-refractivity contribution >= 4 is 6.03 Å². The fourth-order valence-corrected chi connectivity index (χ4v) is 4.28. The number of piperazine rings is 1. The molecule has 2 aromatic rings. The van der Waals surface area contributed by atoms with Gasteiger partial charge in [-0.05, 0) is 35.2 Å². The van der Waals surface area contributed by atoms with Crippen LogP contribution < -0.4 is 10.6 Å². The standard InChI is InChI=1S/C22H24N4O/c1-2-11-25-22(27)26-19-13-24-14-20(26)21(19)18-9-7-17(8-10-18)16-5-3-15(12-23)4-6-16/h3-10,19-21,24H,2,11,13-14H2,1H3,(H,25,27)/t19-,20+,21?. The topological polar surface area (TPSA) is 68.2 Å². The SMILES string of the molecule is CCCNC(=O)N1[C@@H]2CNC[C@H]1C2c1ccc(-c2ccc(C#N)cc2)cc1. The number of nitriles is 1. The molecule has 4 rings (SSSR count). The summed E-state index contributed by atoms with van der Waals surface area (Å²) in [6.07, 6.45) is 0.952. The van der Waals surface area contributed by atoms with Crippen LogP contribution in [0.25, 0.3) is 11.1 Å². The van der Waals surface area contributed by atoms with Gasteiger partial charge < -0.3 is 15.5 Å². The minimum absolute atomic E-state index is 0.0683. The third kappa shape index (κ3) is 3.17. The Kier molecular flexibility index (Phi) is 4.83. The average molecular weight is 360 g/mol. The van der Waals surface area contributed by atoms with Crippen LogP contribution in [0.2, 0.25) is 0 Å². The second kappa shape index (κ2) is 7.42. The maximum atomic E-state index is 12.4. The molecule has 1 unspecified atom stereocenters. The quantitative estimate of drug-likeness (QED) is 0.880. The number of carbonyl (C=O) groups excluding carboxylic acids is 1. The summed E-state index contributed by atoms with van der Waals surface area (Å²) < 4.78 is 0. The zero-order valence-corrected chi connectivity index (χ0v) is 15.5. The van der Waals surface area contributed by atoms with Crippen molar-refractivity contribution in [3.8, 4) is 17.2 Å². The van der Waals surface area contributed by atoms with Crippen LogP contribution in [0.1, 0.15) is 30.4 Å². The van der Waals surface area contributed by atoms with Crippen molar-refractivity contribution in [3.05, 3.63) is 59.7 Å². The summed E-state index contributed by atoms with van der Waals surface area (Å²) >= 11 is 0. The van der Waals surface area contributed by atoms with Crippen molar-refractivity contribution in [1.82, 2.24) is 15.5 Å². The Bertz CT molecular complexity index is 841. The molecule has 2 saturated heterocycles. The van der Waals surface area contributed by atoms with Gasteiger partial charge in [-0.25, -0.2) is 4.79 Å². The molecule has 2 amide bonds. The van der Waals surface area contributed by atoms with Crippen LogP contribution in [0.15, 0.2) is 48.5 Å².